The van der Waals surface area contributed by atoms with Crippen LogP contribution in [0.2, 0.25) is 5.02 Å². The molecule has 0 saturated carbocycles. The Kier molecular flexibility index (Phi) is 4.59. The number of amides is 1. The fourth-order valence-electron chi connectivity index (χ4n) is 2.37. The van der Waals surface area contributed by atoms with Crippen molar-refractivity contribution in [2.75, 3.05) is 0 Å². The van der Waals surface area contributed by atoms with Crippen LogP contribution >= 0.6 is 11.6 Å². The molecule has 0 aliphatic rings. The molecule has 0 bridgehead atoms. The Morgan fingerprint density at radius 3 is 2.72 bits per heavy atom. The Morgan fingerprint density at radius 1 is 1.36 bits per heavy atom. The number of aromatic nitrogens is 3. The molecule has 2 heterocycles. The lowest BCUT2D eigenvalue weighted by Gasteiger charge is -2.09. The number of nitrogens with one attached hydrogen (secondary N) is 1. The highest BCUT2D eigenvalue weighted by Crippen LogP contribution is 2.30. The maximum absolute atomic E-state index is 13.4. The van der Waals surface area contributed by atoms with Gasteiger partial charge in [0, 0.05) is 11.6 Å². The van der Waals surface area contributed by atoms with E-state index in [9.17, 15) is 9.18 Å². The lowest BCUT2D eigenvalue weighted by atomic mass is 10.1. The van der Waals surface area contributed by atoms with Crippen LogP contribution in [0.1, 0.15) is 19.5 Å². The lowest BCUT2D eigenvalue weighted by Crippen LogP contribution is -2.35. The molecule has 6 nitrogen and oxygen atoms in total. The summed E-state index contributed by atoms with van der Waals surface area (Å²) in [5.74, 6) is -0.516. The van der Waals surface area contributed by atoms with Crippen LogP contribution in [0, 0.1) is 12.7 Å². The number of carbonyl (C=O) groups is 1. The molecule has 0 atom stereocenters. The second-order valence-corrected chi connectivity index (χ2v) is 6.28. The summed E-state index contributed by atoms with van der Waals surface area (Å²) in [7, 11) is 0. The van der Waals surface area contributed by atoms with Crippen molar-refractivity contribution in [3.63, 3.8) is 0 Å². The molecule has 1 aromatic carbocycles. The Labute approximate surface area is 148 Å². The zero-order valence-corrected chi connectivity index (χ0v) is 14.6. The van der Waals surface area contributed by atoms with Crippen molar-refractivity contribution in [3.8, 4) is 22.5 Å². The molecule has 8 heteroatoms. The van der Waals surface area contributed by atoms with E-state index in [2.05, 4.69) is 15.6 Å². The minimum Gasteiger partial charge on any atom is -0.364 e. The third kappa shape index (κ3) is 3.41. The first kappa shape index (κ1) is 17.2. The number of rotatable bonds is 3. The predicted molar refractivity (Wildman–Crippen MR) is 91.9 cm³/mol. The molecule has 2 aromatic heterocycles. The van der Waals surface area contributed by atoms with Crippen LogP contribution in [0.4, 0.5) is 9.18 Å². The van der Waals surface area contributed by atoms with Crippen molar-refractivity contribution in [3.05, 3.63) is 47.1 Å². The maximum atomic E-state index is 13.4. The number of hydrogen-bond donors (Lipinski definition) is 1. The highest BCUT2D eigenvalue weighted by molar-refractivity contribution is 6.31. The van der Waals surface area contributed by atoms with Crippen molar-refractivity contribution in [1.82, 2.24) is 20.3 Å². The number of carbonyl (C=O) groups excluding carboxylic acids is 1. The van der Waals surface area contributed by atoms with Gasteiger partial charge in [0.25, 0.3) is 0 Å². The van der Waals surface area contributed by atoms with Crippen molar-refractivity contribution < 1.29 is 13.7 Å². The minimum absolute atomic E-state index is 0.0126. The molecule has 0 radical (unpaired) electrons. The zero-order valence-electron chi connectivity index (χ0n) is 13.9. The quantitative estimate of drug-likeness (QED) is 0.755. The number of aryl methyl sites for hydroxylation is 1. The average molecular weight is 363 g/mol. The first-order valence-electron chi connectivity index (χ1n) is 7.64. The summed E-state index contributed by atoms with van der Waals surface area (Å²) in [6.07, 6.45) is 1.45. The largest absolute Gasteiger partial charge is 0.364 e. The SMILES string of the molecule is Cc1nocc1-c1cc(-c2ccc(F)c(Cl)c2)nn1C(=O)NC(C)C. The summed E-state index contributed by atoms with van der Waals surface area (Å²) >= 11 is 5.85. The van der Waals surface area contributed by atoms with Crippen LogP contribution in [-0.4, -0.2) is 27.0 Å². The summed E-state index contributed by atoms with van der Waals surface area (Å²) in [6.45, 7) is 5.48. The molecular weight excluding hydrogens is 347 g/mol. The predicted octanol–water partition coefficient (Wildman–Crippen LogP) is 4.27. The average Bonchev–Trinajstić information content (AvgIpc) is 3.15. The second-order valence-electron chi connectivity index (χ2n) is 5.87. The van der Waals surface area contributed by atoms with E-state index in [1.54, 1.807) is 19.1 Å². The number of nitrogens with zero attached hydrogens (tertiary/aromatic N) is 3. The Morgan fingerprint density at radius 2 is 2.12 bits per heavy atom. The molecular formula is C17H16ClFN4O2. The fourth-order valence-corrected chi connectivity index (χ4v) is 2.55. The Balaban J connectivity index is 2.12. The van der Waals surface area contributed by atoms with Crippen LogP contribution in [0.5, 0.6) is 0 Å². The second kappa shape index (κ2) is 6.68. The van der Waals surface area contributed by atoms with Crippen LogP contribution in [0.15, 0.2) is 35.1 Å². The summed E-state index contributed by atoms with van der Waals surface area (Å²) in [6, 6.07) is 5.55. The van der Waals surface area contributed by atoms with Gasteiger partial charge >= 0.3 is 6.03 Å². The van der Waals surface area contributed by atoms with Crippen LogP contribution < -0.4 is 5.32 Å². The number of halogens is 2. The monoisotopic (exact) mass is 362 g/mol. The summed E-state index contributed by atoms with van der Waals surface area (Å²) in [5.41, 5.74) is 2.87. The van der Waals surface area contributed by atoms with Crippen molar-refractivity contribution in [2.45, 2.75) is 26.8 Å². The summed E-state index contributed by atoms with van der Waals surface area (Å²) in [5, 5.41) is 11.0. The fraction of sp³-hybridized carbons (Fsp3) is 0.235. The molecule has 1 amide bonds. The van der Waals surface area contributed by atoms with Gasteiger partial charge in [-0.15, -0.1) is 0 Å². The van der Waals surface area contributed by atoms with Crippen molar-refractivity contribution in [2.24, 2.45) is 0 Å². The van der Waals surface area contributed by atoms with E-state index >= 15 is 0 Å². The molecule has 0 fully saturated rings. The smallest absolute Gasteiger partial charge is 0.342 e. The van der Waals surface area contributed by atoms with E-state index in [1.165, 1.54) is 23.1 Å². The van der Waals surface area contributed by atoms with Gasteiger partial charge in [-0.3, -0.25) is 0 Å². The van der Waals surface area contributed by atoms with Crippen LogP contribution in [0.25, 0.3) is 22.5 Å². The molecule has 1 N–H and O–H groups in total. The molecule has 0 spiro atoms. The van der Waals surface area contributed by atoms with Gasteiger partial charge in [0.05, 0.1) is 27.7 Å². The van der Waals surface area contributed by atoms with Gasteiger partial charge in [-0.1, -0.05) is 16.8 Å². The lowest BCUT2D eigenvalue weighted by molar-refractivity contribution is 0.237. The first-order chi connectivity index (χ1) is 11.9. The van der Waals surface area contributed by atoms with Gasteiger partial charge in [-0.2, -0.15) is 9.78 Å². The van der Waals surface area contributed by atoms with Crippen LogP contribution in [-0.2, 0) is 0 Å². The van der Waals surface area contributed by atoms with Gasteiger partial charge in [-0.25, -0.2) is 9.18 Å². The minimum atomic E-state index is -0.516. The molecule has 3 aromatic rings. The molecule has 0 aliphatic heterocycles. The van der Waals surface area contributed by atoms with Crippen LogP contribution in [0.3, 0.4) is 0 Å². The van der Waals surface area contributed by atoms with E-state index in [-0.39, 0.29) is 17.1 Å². The van der Waals surface area contributed by atoms with Crippen molar-refractivity contribution >= 4 is 17.6 Å². The van der Waals surface area contributed by atoms with Gasteiger partial charge < -0.3 is 9.84 Å². The third-order valence-corrected chi connectivity index (χ3v) is 3.84. The zero-order chi connectivity index (χ0) is 18.1. The standard InChI is InChI=1S/C17H16ClFN4O2/c1-9(2)20-17(24)23-16(12-8-25-22-10(12)3)7-15(21-23)11-4-5-14(19)13(18)6-11/h4-9H,1-3H3,(H,20,24). The Bertz CT molecular complexity index is 933. The number of hydrogen-bond acceptors (Lipinski definition) is 4. The molecule has 3 rings (SSSR count). The molecule has 0 aliphatic carbocycles. The van der Waals surface area contributed by atoms with Gasteiger partial charge in [0.15, 0.2) is 0 Å². The highest BCUT2D eigenvalue weighted by Gasteiger charge is 2.20. The summed E-state index contributed by atoms with van der Waals surface area (Å²) in [4.78, 5) is 12.5. The Hall–Kier alpha value is -2.67. The van der Waals surface area contributed by atoms with E-state index in [0.717, 1.165) is 0 Å². The molecule has 0 saturated heterocycles. The van der Waals surface area contributed by atoms with Gasteiger partial charge in [0.1, 0.15) is 12.1 Å². The molecule has 130 valence electrons. The molecule has 0 unspecified atom stereocenters. The summed E-state index contributed by atoms with van der Waals surface area (Å²) < 4.78 is 19.6. The molecule has 25 heavy (non-hydrogen) atoms. The van der Waals surface area contributed by atoms with E-state index in [0.29, 0.717) is 28.2 Å². The number of benzene rings is 1. The van der Waals surface area contributed by atoms with E-state index < -0.39 is 5.82 Å². The van der Waals surface area contributed by atoms with Gasteiger partial charge in [-0.05, 0) is 45.0 Å². The maximum Gasteiger partial charge on any atom is 0.342 e. The van der Waals surface area contributed by atoms with Gasteiger partial charge in [0.2, 0.25) is 0 Å². The topological polar surface area (TPSA) is 73.0 Å². The van der Waals surface area contributed by atoms with E-state index in [1.807, 2.05) is 13.8 Å². The third-order valence-electron chi connectivity index (χ3n) is 3.56. The van der Waals surface area contributed by atoms with E-state index in [4.69, 9.17) is 16.1 Å². The first-order valence-corrected chi connectivity index (χ1v) is 8.02. The highest BCUT2D eigenvalue weighted by atomic mass is 35.5. The van der Waals surface area contributed by atoms with Crippen molar-refractivity contribution in [1.29, 1.82) is 0 Å². The normalized spacial score (nSPS) is 11.1.